The number of amides is 2. The second kappa shape index (κ2) is 8.85. The predicted molar refractivity (Wildman–Crippen MR) is 109 cm³/mol. The predicted octanol–water partition coefficient (Wildman–Crippen LogP) is 4.45. The van der Waals surface area contributed by atoms with Crippen LogP contribution < -0.4 is 15.4 Å². The largest absolute Gasteiger partial charge is 0.496 e. The minimum atomic E-state index is -0.244. The Hall–Kier alpha value is -3.61. The Morgan fingerprint density at radius 1 is 1.11 bits per heavy atom. The molecule has 0 aliphatic carbocycles. The highest BCUT2D eigenvalue weighted by atomic mass is 16.5. The Morgan fingerprint density at radius 3 is 2.57 bits per heavy atom. The highest BCUT2D eigenvalue weighted by Gasteiger charge is 2.08. The van der Waals surface area contributed by atoms with Crippen LogP contribution in [0, 0.1) is 0 Å². The maximum Gasteiger partial charge on any atom is 0.319 e. The SMILES string of the molecule is COc1ccccc1C=Cc1nc(-c2ccc(NC(=O)NC(C)C)cc2)no1. The number of rotatable bonds is 6. The van der Waals surface area contributed by atoms with Gasteiger partial charge in [-0.3, -0.25) is 0 Å². The molecule has 0 aliphatic rings. The molecule has 0 saturated heterocycles. The first-order valence-electron chi connectivity index (χ1n) is 8.88. The van der Waals surface area contributed by atoms with Crippen LogP contribution in [-0.4, -0.2) is 29.3 Å². The quantitative estimate of drug-likeness (QED) is 0.662. The van der Waals surface area contributed by atoms with Gasteiger partial charge in [-0.25, -0.2) is 4.79 Å². The van der Waals surface area contributed by atoms with Gasteiger partial charge in [0.05, 0.1) is 7.11 Å². The highest BCUT2D eigenvalue weighted by Crippen LogP contribution is 2.22. The number of carbonyl (C=O) groups excluding carboxylic acids is 1. The van der Waals surface area contributed by atoms with Crippen molar-refractivity contribution in [3.63, 3.8) is 0 Å². The molecule has 7 heteroatoms. The average molecular weight is 378 g/mol. The zero-order valence-corrected chi connectivity index (χ0v) is 16.0. The summed E-state index contributed by atoms with van der Waals surface area (Å²) in [5.74, 6) is 1.63. The topological polar surface area (TPSA) is 89.3 Å². The molecule has 0 bridgehead atoms. The summed E-state index contributed by atoms with van der Waals surface area (Å²) in [5.41, 5.74) is 2.39. The fraction of sp³-hybridized carbons (Fsp3) is 0.190. The van der Waals surface area contributed by atoms with Crippen LogP contribution >= 0.6 is 0 Å². The van der Waals surface area contributed by atoms with Gasteiger partial charge in [-0.1, -0.05) is 23.4 Å². The molecule has 2 N–H and O–H groups in total. The first kappa shape index (κ1) is 19.2. The molecule has 3 rings (SSSR count). The van der Waals surface area contributed by atoms with Crippen molar-refractivity contribution in [1.82, 2.24) is 15.5 Å². The van der Waals surface area contributed by atoms with E-state index in [1.165, 1.54) is 0 Å². The van der Waals surface area contributed by atoms with Crippen molar-refractivity contribution in [3.05, 3.63) is 60.0 Å². The van der Waals surface area contributed by atoms with Crippen molar-refractivity contribution < 1.29 is 14.1 Å². The van der Waals surface area contributed by atoms with Crippen LogP contribution in [0.25, 0.3) is 23.5 Å². The fourth-order valence-electron chi connectivity index (χ4n) is 2.52. The van der Waals surface area contributed by atoms with Crippen molar-refractivity contribution in [2.45, 2.75) is 19.9 Å². The number of carbonyl (C=O) groups is 1. The molecule has 0 radical (unpaired) electrons. The Kier molecular flexibility index (Phi) is 6.06. The average Bonchev–Trinajstić information content (AvgIpc) is 3.15. The van der Waals surface area contributed by atoms with Crippen LogP contribution in [0.2, 0.25) is 0 Å². The highest BCUT2D eigenvalue weighted by molar-refractivity contribution is 5.89. The van der Waals surface area contributed by atoms with E-state index in [1.807, 2.05) is 56.3 Å². The zero-order chi connectivity index (χ0) is 19.9. The number of benzene rings is 2. The van der Waals surface area contributed by atoms with Crippen molar-refractivity contribution in [1.29, 1.82) is 0 Å². The van der Waals surface area contributed by atoms with Gasteiger partial charge in [0, 0.05) is 28.9 Å². The van der Waals surface area contributed by atoms with E-state index in [1.54, 1.807) is 25.3 Å². The van der Waals surface area contributed by atoms with E-state index in [-0.39, 0.29) is 12.1 Å². The van der Waals surface area contributed by atoms with Gasteiger partial charge in [-0.15, -0.1) is 0 Å². The van der Waals surface area contributed by atoms with E-state index >= 15 is 0 Å². The van der Waals surface area contributed by atoms with Crippen LogP contribution in [0.4, 0.5) is 10.5 Å². The second-order valence-corrected chi connectivity index (χ2v) is 6.36. The van der Waals surface area contributed by atoms with E-state index in [0.717, 1.165) is 16.9 Å². The van der Waals surface area contributed by atoms with Crippen LogP contribution in [0.15, 0.2) is 53.1 Å². The third-order valence-electron chi connectivity index (χ3n) is 3.81. The molecule has 7 nitrogen and oxygen atoms in total. The number of nitrogens with zero attached hydrogens (tertiary/aromatic N) is 2. The Bertz CT molecular complexity index is 962. The number of hydrogen-bond donors (Lipinski definition) is 2. The molecule has 28 heavy (non-hydrogen) atoms. The van der Waals surface area contributed by atoms with Gasteiger partial charge >= 0.3 is 6.03 Å². The summed E-state index contributed by atoms with van der Waals surface area (Å²) in [7, 11) is 1.63. The molecule has 1 aromatic heterocycles. The molecule has 0 saturated carbocycles. The number of nitrogens with one attached hydrogen (secondary N) is 2. The second-order valence-electron chi connectivity index (χ2n) is 6.36. The maximum absolute atomic E-state index is 11.7. The number of urea groups is 1. The maximum atomic E-state index is 11.7. The van der Waals surface area contributed by atoms with Crippen molar-refractivity contribution in [2.24, 2.45) is 0 Å². The summed E-state index contributed by atoms with van der Waals surface area (Å²) in [6.07, 6.45) is 3.59. The number of methoxy groups -OCH3 is 1. The number of hydrogen-bond acceptors (Lipinski definition) is 5. The summed E-state index contributed by atoms with van der Waals surface area (Å²) in [6, 6.07) is 14.7. The lowest BCUT2D eigenvalue weighted by atomic mass is 10.2. The number of ether oxygens (including phenoxy) is 1. The van der Waals surface area contributed by atoms with Crippen LogP contribution in [-0.2, 0) is 0 Å². The third-order valence-corrected chi connectivity index (χ3v) is 3.81. The van der Waals surface area contributed by atoms with E-state index in [0.29, 0.717) is 17.4 Å². The fourth-order valence-corrected chi connectivity index (χ4v) is 2.52. The molecule has 2 amide bonds. The molecule has 144 valence electrons. The van der Waals surface area contributed by atoms with E-state index in [2.05, 4.69) is 20.8 Å². The van der Waals surface area contributed by atoms with Gasteiger partial charge in [-0.05, 0) is 50.3 Å². The van der Waals surface area contributed by atoms with E-state index in [9.17, 15) is 4.79 Å². The minimum Gasteiger partial charge on any atom is -0.496 e. The smallest absolute Gasteiger partial charge is 0.319 e. The molecule has 0 aliphatic heterocycles. The lowest BCUT2D eigenvalue weighted by Crippen LogP contribution is -2.34. The summed E-state index contributed by atoms with van der Waals surface area (Å²) in [5, 5.41) is 9.54. The summed E-state index contributed by atoms with van der Waals surface area (Å²) in [6.45, 7) is 3.80. The molecule has 0 atom stereocenters. The Balaban J connectivity index is 1.68. The number of para-hydroxylation sites is 1. The molecule has 0 spiro atoms. The lowest BCUT2D eigenvalue weighted by Gasteiger charge is -2.10. The zero-order valence-electron chi connectivity index (χ0n) is 16.0. The van der Waals surface area contributed by atoms with Gasteiger partial charge in [0.1, 0.15) is 5.75 Å². The van der Waals surface area contributed by atoms with Crippen molar-refractivity contribution in [2.75, 3.05) is 12.4 Å². The number of anilines is 1. The van der Waals surface area contributed by atoms with Crippen molar-refractivity contribution >= 4 is 23.9 Å². The summed E-state index contributed by atoms with van der Waals surface area (Å²) >= 11 is 0. The first-order valence-corrected chi connectivity index (χ1v) is 8.88. The molecule has 2 aromatic carbocycles. The molecule has 0 unspecified atom stereocenters. The van der Waals surface area contributed by atoms with Crippen molar-refractivity contribution in [3.8, 4) is 17.1 Å². The molecular weight excluding hydrogens is 356 g/mol. The van der Waals surface area contributed by atoms with Crippen LogP contribution in [0.5, 0.6) is 5.75 Å². The molecule has 1 heterocycles. The van der Waals surface area contributed by atoms with Gasteiger partial charge in [-0.2, -0.15) is 4.98 Å². The molecule has 0 fully saturated rings. The summed E-state index contributed by atoms with van der Waals surface area (Å²) < 4.78 is 10.6. The van der Waals surface area contributed by atoms with Gasteiger partial charge in [0.2, 0.25) is 5.82 Å². The van der Waals surface area contributed by atoms with Gasteiger partial charge in [0.15, 0.2) is 0 Å². The minimum absolute atomic E-state index is 0.0703. The number of aromatic nitrogens is 2. The normalized spacial score (nSPS) is 11.0. The third kappa shape index (κ3) is 4.97. The first-order chi connectivity index (χ1) is 13.5. The van der Waals surface area contributed by atoms with Gasteiger partial charge < -0.3 is 19.9 Å². The summed E-state index contributed by atoms with van der Waals surface area (Å²) in [4.78, 5) is 16.1. The van der Waals surface area contributed by atoms with E-state index in [4.69, 9.17) is 9.26 Å². The molecular formula is C21H22N4O3. The molecule has 3 aromatic rings. The Morgan fingerprint density at radius 2 is 1.86 bits per heavy atom. The Labute approximate surface area is 163 Å². The monoisotopic (exact) mass is 378 g/mol. The van der Waals surface area contributed by atoms with Crippen LogP contribution in [0.3, 0.4) is 0 Å². The van der Waals surface area contributed by atoms with E-state index < -0.39 is 0 Å². The lowest BCUT2D eigenvalue weighted by molar-refractivity contribution is 0.250. The van der Waals surface area contributed by atoms with Gasteiger partial charge in [0.25, 0.3) is 5.89 Å². The standard InChI is InChI=1S/C21H22N4O3/c1-14(2)22-21(26)23-17-11-8-16(9-12-17)20-24-19(28-25-20)13-10-15-6-4-5-7-18(15)27-3/h4-14H,1-3H3,(H2,22,23,26). The van der Waals surface area contributed by atoms with Crippen LogP contribution in [0.1, 0.15) is 25.3 Å².